The van der Waals surface area contributed by atoms with Crippen molar-refractivity contribution in [2.24, 2.45) is 0 Å². The van der Waals surface area contributed by atoms with Gasteiger partial charge in [0.15, 0.2) is 0 Å². The quantitative estimate of drug-likeness (QED) is 0.259. The van der Waals surface area contributed by atoms with E-state index in [9.17, 15) is 0 Å². The van der Waals surface area contributed by atoms with E-state index in [0.717, 1.165) is 9.52 Å². The van der Waals surface area contributed by atoms with Gasteiger partial charge in [-0.15, -0.1) is 70.1 Å². The molecule has 3 aromatic rings. The summed E-state index contributed by atoms with van der Waals surface area (Å²) in [6.07, 6.45) is 0. The summed E-state index contributed by atoms with van der Waals surface area (Å²) in [5.74, 6) is 0. The molecule has 0 aromatic heterocycles. The normalized spacial score (nSPS) is 8.38. The van der Waals surface area contributed by atoms with Crippen molar-refractivity contribution in [1.82, 2.24) is 0 Å². The first-order chi connectivity index (χ1) is 12.3. The average Bonchev–Trinajstić information content (AvgIpc) is 2.95. The number of rotatable bonds is 0. The molecule has 0 saturated heterocycles. The van der Waals surface area contributed by atoms with Crippen LogP contribution in [0.4, 0.5) is 0 Å². The topological polar surface area (TPSA) is 44.0 Å². The molecule has 0 atom stereocenters. The Bertz CT molecular complexity index is 656. The first-order valence-electron chi connectivity index (χ1n) is 8.40. The van der Waals surface area contributed by atoms with Crippen LogP contribution >= 0.6 is 24.8 Å². The van der Waals surface area contributed by atoms with Gasteiger partial charge in [-0.3, -0.25) is 0 Å². The summed E-state index contributed by atoms with van der Waals surface area (Å²) in [5, 5.41) is 12.9. The van der Waals surface area contributed by atoms with Gasteiger partial charge in [-0.05, 0) is 0 Å². The van der Waals surface area contributed by atoms with Crippen LogP contribution in [0.15, 0.2) is 54.6 Å². The van der Waals surface area contributed by atoms with E-state index in [0.29, 0.717) is 0 Å². The zero-order valence-electron chi connectivity index (χ0n) is 18.6. The predicted octanol–water partition coefficient (Wildman–Crippen LogP) is 7.41. The number of benzene rings is 2. The Morgan fingerprint density at radius 3 is 1.41 bits per heavy atom. The Morgan fingerprint density at radius 1 is 0.966 bits per heavy atom. The molecule has 3 aromatic carbocycles. The van der Waals surface area contributed by atoms with Gasteiger partial charge in [0.2, 0.25) is 0 Å². The summed E-state index contributed by atoms with van der Waals surface area (Å²) >= 11 is 1.75. The Hall–Kier alpha value is -0.389. The SMILES string of the molecule is CC(C)(C)[NH-].C[Si]C.Cl.Cl.[CH2-]CO.[CH2]=[Ti].[CH3-].c1ccc2c(c1)[cH-]c1ccccc12. The maximum absolute atomic E-state index is 7.46. The number of nitrogens with one attached hydrogen (secondary N) is 1. The summed E-state index contributed by atoms with van der Waals surface area (Å²) in [5.41, 5.74) is 6.69. The van der Waals surface area contributed by atoms with Crippen LogP contribution in [0.2, 0.25) is 13.1 Å². The van der Waals surface area contributed by atoms with E-state index in [2.05, 4.69) is 79.4 Å². The van der Waals surface area contributed by atoms with Gasteiger partial charge in [0.25, 0.3) is 0 Å². The van der Waals surface area contributed by atoms with Crippen molar-refractivity contribution < 1.29 is 25.1 Å². The van der Waals surface area contributed by atoms with E-state index in [4.69, 9.17) is 10.8 Å². The van der Waals surface area contributed by atoms with Crippen molar-refractivity contribution in [3.05, 3.63) is 74.7 Å². The first-order valence-corrected chi connectivity index (χ1v) is 11.5. The van der Waals surface area contributed by atoms with E-state index < -0.39 is 0 Å². The van der Waals surface area contributed by atoms with Gasteiger partial charge in [-0.2, -0.15) is 0 Å². The van der Waals surface area contributed by atoms with Gasteiger partial charge in [-0.1, -0.05) is 76.9 Å². The van der Waals surface area contributed by atoms with Crippen molar-refractivity contribution in [1.29, 1.82) is 0 Å². The van der Waals surface area contributed by atoms with Crippen molar-refractivity contribution in [2.75, 3.05) is 6.61 Å². The molecule has 0 heterocycles. The van der Waals surface area contributed by atoms with Gasteiger partial charge in [0, 0.05) is 9.52 Å². The fourth-order valence-electron chi connectivity index (χ4n) is 1.90. The summed E-state index contributed by atoms with van der Waals surface area (Å²) < 4.78 is 0. The van der Waals surface area contributed by atoms with Crippen molar-refractivity contribution in [3.8, 4) is 0 Å². The van der Waals surface area contributed by atoms with Crippen molar-refractivity contribution in [3.63, 3.8) is 0 Å². The van der Waals surface area contributed by atoms with Crippen LogP contribution in [0.25, 0.3) is 27.3 Å². The van der Waals surface area contributed by atoms with Crippen LogP contribution in [-0.4, -0.2) is 31.6 Å². The van der Waals surface area contributed by atoms with Gasteiger partial charge < -0.3 is 25.2 Å². The summed E-state index contributed by atoms with van der Waals surface area (Å²) in [7, 11) is 1.08. The molecule has 0 saturated carbocycles. The molecule has 29 heavy (non-hydrogen) atoms. The minimum Gasteiger partial charge on any atom is -0.358 e. The molecule has 0 bridgehead atoms. The Kier molecular flexibility index (Phi) is 32.2. The van der Waals surface area contributed by atoms with Crippen LogP contribution < -0.4 is 0 Å². The van der Waals surface area contributed by atoms with E-state index >= 15 is 0 Å². The van der Waals surface area contributed by atoms with Gasteiger partial charge in [0.1, 0.15) is 0 Å². The Labute approximate surface area is 205 Å². The fourth-order valence-corrected chi connectivity index (χ4v) is 1.90. The van der Waals surface area contributed by atoms with Crippen LogP contribution in [0.3, 0.4) is 0 Å². The molecule has 2 radical (unpaired) electrons. The minimum absolute atomic E-state index is 0. The molecule has 0 amide bonds. The number of hydrogen-bond acceptors (Lipinski definition) is 1. The average molecular weight is 490 g/mol. The minimum atomic E-state index is -0.250. The summed E-state index contributed by atoms with van der Waals surface area (Å²) in [6, 6.07) is 19.3. The molecule has 2 nitrogen and oxygen atoms in total. The monoisotopic (exact) mass is 489 g/mol. The molecular weight excluding hydrogens is 453 g/mol. The number of aliphatic hydroxyl groups is 1. The fraction of sp³-hybridized carbons (Fsp3) is 0.304. The van der Waals surface area contributed by atoms with Crippen LogP contribution in [-0.2, 0) is 20.0 Å². The summed E-state index contributed by atoms with van der Waals surface area (Å²) in [4.78, 5) is 3.25. The second kappa shape index (κ2) is 23.9. The largest absolute Gasteiger partial charge is 0.358 e. The number of fused-ring (bicyclic) bond motifs is 3. The Morgan fingerprint density at radius 2 is 1.17 bits per heavy atom. The Balaban J connectivity index is -0.000000104. The number of aliphatic hydroxyl groups excluding tert-OH is 1. The molecule has 0 aliphatic heterocycles. The van der Waals surface area contributed by atoms with E-state index in [1.165, 1.54) is 21.5 Å². The molecule has 0 aliphatic carbocycles. The maximum atomic E-state index is 7.46. The van der Waals surface area contributed by atoms with Gasteiger partial charge in [-0.25, -0.2) is 0 Å². The molecule has 0 fully saturated rings. The zero-order valence-corrected chi connectivity index (χ0v) is 22.8. The number of hydrogen-bond donors (Lipinski definition) is 1. The zero-order chi connectivity index (χ0) is 20.6. The molecule has 2 N–H and O–H groups in total. The summed E-state index contributed by atoms with van der Waals surface area (Å²) in [6.45, 7) is 12.9. The second-order valence-electron chi connectivity index (χ2n) is 6.29. The van der Waals surface area contributed by atoms with Gasteiger partial charge >= 0.3 is 24.8 Å². The van der Waals surface area contributed by atoms with E-state index in [1.807, 2.05) is 20.8 Å². The molecule has 0 aliphatic rings. The maximum Gasteiger partial charge on any atom is -0.0771 e. The third kappa shape index (κ3) is 20.7. The third-order valence-electron chi connectivity index (χ3n) is 2.52. The molecule has 0 spiro atoms. The smallest absolute Gasteiger partial charge is 0.0771 e. The number of halogens is 2. The van der Waals surface area contributed by atoms with E-state index in [-0.39, 0.29) is 44.4 Å². The van der Waals surface area contributed by atoms with Crippen LogP contribution in [0.1, 0.15) is 20.8 Å². The van der Waals surface area contributed by atoms with Crippen LogP contribution in [0, 0.1) is 14.4 Å². The molecular formula is C23H37Cl2NOSiTi-4. The third-order valence-corrected chi connectivity index (χ3v) is 2.52. The molecule has 166 valence electrons. The van der Waals surface area contributed by atoms with Crippen molar-refractivity contribution in [2.45, 2.75) is 39.4 Å². The standard InChI is InChI=1S/C13H9.C4H10N.C2H5O.C2H6Si.CH3.CH2.2ClH.Ti/c1-3-7-12-10(5-1)9-11-6-2-4-8-13(11)12;1-4(2,3)5;1-2-3;1-3-2;;;;;/h1-9H;5H,1-3H3;3H,1-2H2;1-2H3;1H3;1H2;2*1H;/q3*-1;;-1;;;;. The predicted molar refractivity (Wildman–Crippen MR) is 139 cm³/mol. The van der Waals surface area contributed by atoms with E-state index in [1.54, 1.807) is 20.0 Å². The molecule has 3 rings (SSSR count). The van der Waals surface area contributed by atoms with Crippen molar-refractivity contribution >= 4 is 60.7 Å². The molecule has 0 unspecified atom stereocenters. The second-order valence-corrected chi connectivity index (χ2v) is 7.29. The van der Waals surface area contributed by atoms with Crippen LogP contribution in [0.5, 0.6) is 0 Å². The first kappa shape index (κ1) is 39.1. The molecule has 6 heteroatoms. The van der Waals surface area contributed by atoms with Gasteiger partial charge in [0.05, 0.1) is 0 Å².